The monoisotopic (exact) mass is 474 g/mol. The molecule has 3 rings (SSSR count). The molecule has 1 amide bonds. The molecule has 0 unspecified atom stereocenters. The summed E-state index contributed by atoms with van der Waals surface area (Å²) in [6, 6.07) is 13.4. The zero-order valence-corrected chi connectivity index (χ0v) is 21.0. The van der Waals surface area contributed by atoms with Gasteiger partial charge >= 0.3 is 0 Å². The van der Waals surface area contributed by atoms with Gasteiger partial charge in [0.1, 0.15) is 0 Å². The topological polar surface area (TPSA) is 34.4 Å². The maximum atomic E-state index is 12.9. The molecule has 2 aromatic carbocycles. The van der Waals surface area contributed by atoms with Crippen LogP contribution in [0.4, 0.5) is 0 Å². The number of halogens is 2. The van der Waals surface area contributed by atoms with E-state index < -0.39 is 0 Å². The molecule has 0 aliphatic rings. The fraction of sp³-hybridized carbons (Fsp3) is 0.360. The van der Waals surface area contributed by atoms with Gasteiger partial charge in [0, 0.05) is 22.5 Å². The van der Waals surface area contributed by atoms with E-state index in [2.05, 4.69) is 44.2 Å². The van der Waals surface area contributed by atoms with Gasteiger partial charge in [-0.25, -0.2) is 0 Å². The summed E-state index contributed by atoms with van der Waals surface area (Å²) in [7, 11) is 0. The van der Waals surface area contributed by atoms with Crippen LogP contribution in [-0.4, -0.2) is 10.5 Å². The molecule has 0 bridgehead atoms. The highest BCUT2D eigenvalue weighted by Crippen LogP contribution is 2.32. The van der Waals surface area contributed by atoms with Crippen molar-refractivity contribution in [1.82, 2.24) is 4.57 Å². The lowest BCUT2D eigenvalue weighted by Crippen LogP contribution is -2.17. The number of thiazole rings is 1. The number of nitrogens with zero attached hydrogens (tertiary/aromatic N) is 2. The maximum Gasteiger partial charge on any atom is 0.279 e. The highest BCUT2D eigenvalue weighted by atomic mass is 35.5. The van der Waals surface area contributed by atoms with E-state index in [0.717, 1.165) is 24.1 Å². The minimum Gasteiger partial charge on any atom is -0.316 e. The molecule has 0 radical (unpaired) electrons. The molecule has 1 aromatic heterocycles. The number of hydrogen-bond donors (Lipinski definition) is 0. The van der Waals surface area contributed by atoms with Crippen LogP contribution in [0.1, 0.15) is 61.8 Å². The number of aromatic nitrogens is 1. The average molecular weight is 475 g/mol. The van der Waals surface area contributed by atoms with Crippen molar-refractivity contribution in [3.63, 3.8) is 0 Å². The highest BCUT2D eigenvalue weighted by molar-refractivity contribution is 7.09. The summed E-state index contributed by atoms with van der Waals surface area (Å²) in [5, 5.41) is 1.04. The van der Waals surface area contributed by atoms with Gasteiger partial charge in [-0.2, -0.15) is 4.99 Å². The normalized spacial score (nSPS) is 12.4. The SMILES string of the molecule is CCCc1sc(=NC(=O)c2ccc(C(C)(C)C)cc2)n(CC)c1-c1ccc(Cl)c(Cl)c1. The number of rotatable bonds is 5. The van der Waals surface area contributed by atoms with Crippen LogP contribution >= 0.6 is 34.5 Å². The van der Waals surface area contributed by atoms with Gasteiger partial charge in [-0.05, 0) is 48.6 Å². The Hall–Kier alpha value is -1.88. The van der Waals surface area contributed by atoms with E-state index in [1.54, 1.807) is 11.3 Å². The van der Waals surface area contributed by atoms with Crippen LogP contribution in [0, 0.1) is 0 Å². The third-order valence-corrected chi connectivity index (χ3v) is 7.04. The van der Waals surface area contributed by atoms with Gasteiger partial charge in [-0.1, -0.05) is 75.5 Å². The Kier molecular flexibility index (Phi) is 7.46. The molecule has 0 aliphatic heterocycles. The summed E-state index contributed by atoms with van der Waals surface area (Å²) in [5.41, 5.74) is 3.87. The van der Waals surface area contributed by atoms with Gasteiger partial charge in [0.25, 0.3) is 5.91 Å². The molecular weight excluding hydrogens is 447 g/mol. The average Bonchev–Trinajstić information content (AvgIpc) is 3.06. The van der Waals surface area contributed by atoms with E-state index in [1.165, 1.54) is 10.4 Å². The quantitative estimate of drug-likeness (QED) is 0.375. The second-order valence-electron chi connectivity index (χ2n) is 8.52. The molecule has 164 valence electrons. The van der Waals surface area contributed by atoms with E-state index in [-0.39, 0.29) is 11.3 Å². The van der Waals surface area contributed by atoms with E-state index in [9.17, 15) is 4.79 Å². The molecule has 0 spiro atoms. The van der Waals surface area contributed by atoms with Crippen LogP contribution in [0.5, 0.6) is 0 Å². The largest absolute Gasteiger partial charge is 0.316 e. The Morgan fingerprint density at radius 1 is 1.03 bits per heavy atom. The summed E-state index contributed by atoms with van der Waals surface area (Å²) in [6.45, 7) is 11.4. The molecular formula is C25H28Cl2N2OS. The predicted octanol–water partition coefficient (Wildman–Crippen LogP) is 7.53. The van der Waals surface area contributed by atoms with E-state index in [4.69, 9.17) is 23.2 Å². The minimum absolute atomic E-state index is 0.0432. The number of hydrogen-bond acceptors (Lipinski definition) is 2. The number of carbonyl (C=O) groups is 1. The van der Waals surface area contributed by atoms with Gasteiger partial charge < -0.3 is 4.57 Å². The predicted molar refractivity (Wildman–Crippen MR) is 132 cm³/mol. The summed E-state index contributed by atoms with van der Waals surface area (Å²) >= 11 is 14.0. The molecule has 3 nitrogen and oxygen atoms in total. The Bertz CT molecular complexity index is 1150. The van der Waals surface area contributed by atoms with Crippen LogP contribution < -0.4 is 4.80 Å². The smallest absolute Gasteiger partial charge is 0.279 e. The van der Waals surface area contributed by atoms with Gasteiger partial charge in [0.15, 0.2) is 4.80 Å². The third-order valence-electron chi connectivity index (χ3n) is 5.16. The molecule has 0 fully saturated rings. The summed E-state index contributed by atoms with van der Waals surface area (Å²) in [5.74, 6) is -0.229. The Labute approximate surface area is 198 Å². The summed E-state index contributed by atoms with van der Waals surface area (Å²) in [4.78, 5) is 19.3. The Balaban J connectivity index is 2.09. The van der Waals surface area contributed by atoms with Gasteiger partial charge in [-0.15, -0.1) is 11.3 Å². The van der Waals surface area contributed by atoms with Crippen molar-refractivity contribution in [1.29, 1.82) is 0 Å². The number of aryl methyl sites for hydroxylation is 1. The lowest BCUT2D eigenvalue weighted by atomic mass is 9.87. The van der Waals surface area contributed by atoms with Gasteiger partial charge in [0.2, 0.25) is 0 Å². The van der Waals surface area contributed by atoms with Gasteiger partial charge in [0.05, 0.1) is 15.7 Å². The fourth-order valence-corrected chi connectivity index (χ4v) is 5.07. The first-order chi connectivity index (χ1) is 14.7. The van der Waals surface area contributed by atoms with E-state index in [0.29, 0.717) is 27.0 Å². The van der Waals surface area contributed by atoms with Crippen molar-refractivity contribution in [2.45, 2.75) is 59.4 Å². The third kappa shape index (κ3) is 5.31. The van der Waals surface area contributed by atoms with Crippen molar-refractivity contribution >= 4 is 40.4 Å². The lowest BCUT2D eigenvalue weighted by molar-refractivity contribution is 0.0997. The van der Waals surface area contributed by atoms with Crippen molar-refractivity contribution in [2.24, 2.45) is 4.99 Å². The van der Waals surface area contributed by atoms with Crippen molar-refractivity contribution < 1.29 is 4.79 Å². The minimum atomic E-state index is -0.229. The lowest BCUT2D eigenvalue weighted by Gasteiger charge is -2.18. The number of carbonyl (C=O) groups excluding carboxylic acids is 1. The molecule has 0 atom stereocenters. The van der Waals surface area contributed by atoms with Crippen LogP contribution in [0.2, 0.25) is 10.0 Å². The van der Waals surface area contributed by atoms with Crippen molar-refractivity contribution in [3.05, 3.63) is 73.3 Å². The first-order valence-corrected chi connectivity index (χ1v) is 12.1. The molecule has 1 heterocycles. The fourth-order valence-electron chi connectivity index (χ4n) is 3.46. The molecule has 0 saturated heterocycles. The second kappa shape index (κ2) is 9.72. The Morgan fingerprint density at radius 3 is 2.26 bits per heavy atom. The van der Waals surface area contributed by atoms with Crippen LogP contribution in [0.3, 0.4) is 0 Å². The number of amides is 1. The summed E-state index contributed by atoms with van der Waals surface area (Å²) in [6.07, 6.45) is 1.91. The standard InChI is InChI=1S/C25H28Cl2N2OS/c1-6-8-21-22(17-11-14-19(26)20(27)15-17)29(7-2)24(31-21)28-23(30)16-9-12-18(13-10-16)25(3,4)5/h9-15H,6-8H2,1-5H3. The zero-order valence-electron chi connectivity index (χ0n) is 18.6. The van der Waals surface area contributed by atoms with E-state index in [1.807, 2.05) is 42.5 Å². The zero-order chi connectivity index (χ0) is 22.8. The second-order valence-corrected chi connectivity index (χ2v) is 10.4. The van der Waals surface area contributed by atoms with Crippen molar-refractivity contribution in [2.75, 3.05) is 0 Å². The molecule has 31 heavy (non-hydrogen) atoms. The van der Waals surface area contributed by atoms with Crippen LogP contribution in [0.15, 0.2) is 47.5 Å². The van der Waals surface area contributed by atoms with Gasteiger partial charge in [-0.3, -0.25) is 4.79 Å². The van der Waals surface area contributed by atoms with Crippen LogP contribution in [-0.2, 0) is 18.4 Å². The molecule has 3 aromatic rings. The molecule has 0 saturated carbocycles. The highest BCUT2D eigenvalue weighted by Gasteiger charge is 2.17. The number of benzene rings is 2. The first-order valence-electron chi connectivity index (χ1n) is 10.5. The first kappa shape index (κ1) is 23.8. The summed E-state index contributed by atoms with van der Waals surface area (Å²) < 4.78 is 2.09. The van der Waals surface area contributed by atoms with Crippen molar-refractivity contribution in [3.8, 4) is 11.3 Å². The molecule has 0 N–H and O–H groups in total. The molecule has 6 heteroatoms. The molecule has 0 aliphatic carbocycles. The Morgan fingerprint density at radius 2 is 1.71 bits per heavy atom. The maximum absolute atomic E-state index is 12.9. The van der Waals surface area contributed by atoms with Crippen LogP contribution in [0.25, 0.3) is 11.3 Å². The van der Waals surface area contributed by atoms with E-state index >= 15 is 0 Å².